The first-order chi connectivity index (χ1) is 11.4. The molecule has 0 aliphatic rings. The molecule has 4 N–H and O–H groups in total. The molecule has 122 valence electrons. The van der Waals surface area contributed by atoms with Gasteiger partial charge in [-0.3, -0.25) is 0 Å². The second-order valence-electron chi connectivity index (χ2n) is 4.72. The highest BCUT2D eigenvalue weighted by atomic mass is 19.1. The van der Waals surface area contributed by atoms with Crippen LogP contribution >= 0.6 is 0 Å². The van der Waals surface area contributed by atoms with E-state index in [4.69, 9.17) is 9.63 Å². The lowest BCUT2D eigenvalue weighted by Crippen LogP contribution is -1.99. The SMILES string of the molecule is O=C(O)c1c(O)cc(O)c(-c2noc(-c3ccccc3F)n2)c1O. The third-order valence-electron chi connectivity index (χ3n) is 3.23. The van der Waals surface area contributed by atoms with E-state index in [0.29, 0.717) is 0 Å². The van der Waals surface area contributed by atoms with Crippen molar-refractivity contribution in [1.29, 1.82) is 0 Å². The van der Waals surface area contributed by atoms with E-state index in [0.717, 1.165) is 6.07 Å². The number of aromatic carboxylic acids is 1. The predicted molar refractivity (Wildman–Crippen MR) is 77.1 cm³/mol. The van der Waals surface area contributed by atoms with Crippen molar-refractivity contribution in [1.82, 2.24) is 10.1 Å². The molecule has 9 heteroatoms. The number of nitrogens with zero attached hydrogens (tertiary/aromatic N) is 2. The van der Waals surface area contributed by atoms with Crippen LogP contribution in [0.3, 0.4) is 0 Å². The Morgan fingerprint density at radius 3 is 2.50 bits per heavy atom. The summed E-state index contributed by atoms with van der Waals surface area (Å²) in [5.74, 6) is -5.30. The van der Waals surface area contributed by atoms with Crippen molar-refractivity contribution in [3.63, 3.8) is 0 Å². The topological polar surface area (TPSA) is 137 Å². The average molecular weight is 332 g/mol. The molecule has 0 saturated carbocycles. The van der Waals surface area contributed by atoms with Crippen LogP contribution in [0, 0.1) is 5.82 Å². The summed E-state index contributed by atoms with van der Waals surface area (Å²) in [6.07, 6.45) is 0. The van der Waals surface area contributed by atoms with Gasteiger partial charge in [-0.1, -0.05) is 17.3 Å². The number of halogens is 1. The number of benzene rings is 2. The van der Waals surface area contributed by atoms with Crippen molar-refractivity contribution in [3.05, 3.63) is 41.7 Å². The van der Waals surface area contributed by atoms with E-state index in [1.165, 1.54) is 18.2 Å². The molecule has 2 aromatic carbocycles. The maximum atomic E-state index is 13.7. The third-order valence-corrected chi connectivity index (χ3v) is 3.23. The van der Waals surface area contributed by atoms with Crippen molar-refractivity contribution >= 4 is 5.97 Å². The Balaban J connectivity index is 2.17. The zero-order valence-corrected chi connectivity index (χ0v) is 11.8. The Labute approximate surface area is 133 Å². The van der Waals surface area contributed by atoms with Crippen molar-refractivity contribution in [2.45, 2.75) is 0 Å². The fraction of sp³-hybridized carbons (Fsp3) is 0. The standard InChI is InChI=1S/C15H9FN2O6/c16-7-4-2-1-3-6(7)14-17-13(18-24-14)10-8(19)5-9(20)11(12(10)21)15(22)23/h1-5,19-21H,(H,22,23). The van der Waals surface area contributed by atoms with E-state index in [1.54, 1.807) is 6.07 Å². The number of aromatic nitrogens is 2. The molecule has 24 heavy (non-hydrogen) atoms. The fourth-order valence-corrected chi connectivity index (χ4v) is 2.14. The molecule has 0 saturated heterocycles. The van der Waals surface area contributed by atoms with Crippen LogP contribution in [-0.4, -0.2) is 36.5 Å². The van der Waals surface area contributed by atoms with Crippen molar-refractivity contribution in [2.75, 3.05) is 0 Å². The number of phenolic OH excluding ortho intramolecular Hbond substituents is 1. The lowest BCUT2D eigenvalue weighted by molar-refractivity contribution is 0.0690. The van der Waals surface area contributed by atoms with Crippen LogP contribution in [0.2, 0.25) is 0 Å². The lowest BCUT2D eigenvalue weighted by Gasteiger charge is -2.08. The van der Waals surface area contributed by atoms with Crippen LogP contribution in [0.1, 0.15) is 10.4 Å². The maximum absolute atomic E-state index is 13.7. The molecule has 0 unspecified atom stereocenters. The summed E-state index contributed by atoms with van der Waals surface area (Å²) in [4.78, 5) is 14.9. The predicted octanol–water partition coefficient (Wildman–Crippen LogP) is 2.36. The number of phenols is 3. The van der Waals surface area contributed by atoms with Crippen LogP contribution in [-0.2, 0) is 0 Å². The fourth-order valence-electron chi connectivity index (χ4n) is 2.14. The molecule has 0 fully saturated rings. The smallest absolute Gasteiger partial charge is 0.343 e. The molecule has 0 bridgehead atoms. The van der Waals surface area contributed by atoms with Gasteiger partial charge in [-0.15, -0.1) is 0 Å². The molecule has 0 aliphatic carbocycles. The van der Waals surface area contributed by atoms with Gasteiger partial charge in [0.2, 0.25) is 5.82 Å². The van der Waals surface area contributed by atoms with Gasteiger partial charge in [0, 0.05) is 6.07 Å². The normalized spacial score (nSPS) is 10.7. The summed E-state index contributed by atoms with van der Waals surface area (Å²) in [5.41, 5.74) is -1.30. The number of carboxylic acid groups (broad SMARTS) is 1. The highest BCUT2D eigenvalue weighted by Crippen LogP contribution is 2.43. The Hall–Kier alpha value is -3.62. The van der Waals surface area contributed by atoms with Crippen molar-refractivity contribution < 1.29 is 34.1 Å². The minimum absolute atomic E-state index is 0.00698. The Bertz CT molecular complexity index is 953. The zero-order chi connectivity index (χ0) is 17.4. The Morgan fingerprint density at radius 2 is 1.83 bits per heavy atom. The number of aromatic hydroxyl groups is 3. The highest BCUT2D eigenvalue weighted by Gasteiger charge is 2.26. The summed E-state index contributed by atoms with van der Waals surface area (Å²) in [5, 5.41) is 41.9. The highest BCUT2D eigenvalue weighted by molar-refractivity contribution is 5.98. The molecule has 0 spiro atoms. The molecule has 3 aromatic rings. The largest absolute Gasteiger partial charge is 0.507 e. The first-order valence-electron chi connectivity index (χ1n) is 6.50. The molecule has 3 rings (SSSR count). The van der Waals surface area contributed by atoms with Crippen LogP contribution < -0.4 is 0 Å². The van der Waals surface area contributed by atoms with Gasteiger partial charge in [-0.25, -0.2) is 9.18 Å². The van der Waals surface area contributed by atoms with Gasteiger partial charge in [-0.05, 0) is 12.1 Å². The van der Waals surface area contributed by atoms with Gasteiger partial charge in [0.1, 0.15) is 34.2 Å². The first-order valence-corrected chi connectivity index (χ1v) is 6.50. The first kappa shape index (κ1) is 15.3. The number of hydrogen-bond acceptors (Lipinski definition) is 7. The minimum atomic E-state index is -1.62. The van der Waals surface area contributed by atoms with Gasteiger partial charge in [0.25, 0.3) is 5.89 Å². The van der Waals surface area contributed by atoms with E-state index in [2.05, 4.69) is 10.1 Å². The van der Waals surface area contributed by atoms with Gasteiger partial charge >= 0.3 is 5.97 Å². The molecule has 1 aromatic heterocycles. The van der Waals surface area contributed by atoms with Crippen LogP contribution in [0.15, 0.2) is 34.9 Å². The minimum Gasteiger partial charge on any atom is -0.507 e. The maximum Gasteiger partial charge on any atom is 0.343 e. The molecule has 8 nitrogen and oxygen atoms in total. The second-order valence-corrected chi connectivity index (χ2v) is 4.72. The van der Waals surface area contributed by atoms with Gasteiger partial charge in [0.15, 0.2) is 0 Å². The average Bonchev–Trinajstić information content (AvgIpc) is 2.96. The van der Waals surface area contributed by atoms with E-state index in [-0.39, 0.29) is 17.3 Å². The summed E-state index contributed by atoms with van der Waals surface area (Å²) in [6.45, 7) is 0. The number of hydrogen-bond donors (Lipinski definition) is 4. The van der Waals surface area contributed by atoms with E-state index in [1.807, 2.05) is 0 Å². The molecule has 0 radical (unpaired) electrons. The number of carboxylic acids is 1. The van der Waals surface area contributed by atoms with Crippen LogP contribution in [0.4, 0.5) is 4.39 Å². The summed E-state index contributed by atoms with van der Waals surface area (Å²) >= 11 is 0. The van der Waals surface area contributed by atoms with Crippen LogP contribution in [0.5, 0.6) is 17.2 Å². The van der Waals surface area contributed by atoms with Gasteiger partial charge in [-0.2, -0.15) is 4.98 Å². The summed E-state index contributed by atoms with van der Waals surface area (Å²) < 4.78 is 18.6. The third kappa shape index (κ3) is 2.37. The molecule has 1 heterocycles. The summed E-state index contributed by atoms with van der Waals surface area (Å²) in [6, 6.07) is 6.29. The summed E-state index contributed by atoms with van der Waals surface area (Å²) in [7, 11) is 0. The van der Waals surface area contributed by atoms with Crippen molar-refractivity contribution in [3.8, 4) is 40.1 Å². The van der Waals surface area contributed by atoms with Crippen LogP contribution in [0.25, 0.3) is 22.8 Å². The molecular weight excluding hydrogens is 323 g/mol. The van der Waals surface area contributed by atoms with Gasteiger partial charge in [0.05, 0.1) is 5.56 Å². The van der Waals surface area contributed by atoms with Gasteiger partial charge < -0.3 is 24.9 Å². The van der Waals surface area contributed by atoms with E-state index >= 15 is 0 Å². The molecule has 0 amide bonds. The lowest BCUT2D eigenvalue weighted by atomic mass is 10.1. The molecular formula is C15H9FN2O6. The van der Waals surface area contributed by atoms with E-state index < -0.39 is 40.2 Å². The monoisotopic (exact) mass is 332 g/mol. The zero-order valence-electron chi connectivity index (χ0n) is 11.8. The quantitative estimate of drug-likeness (QED) is 0.573. The Morgan fingerprint density at radius 1 is 1.12 bits per heavy atom. The van der Waals surface area contributed by atoms with E-state index in [9.17, 15) is 24.5 Å². The number of rotatable bonds is 3. The molecule has 0 aliphatic heterocycles. The van der Waals surface area contributed by atoms with Crippen molar-refractivity contribution in [2.24, 2.45) is 0 Å². The second kappa shape index (κ2) is 5.54. The number of carbonyl (C=O) groups is 1. The Kier molecular flexibility index (Phi) is 3.53. The molecule has 0 atom stereocenters.